The quantitative estimate of drug-likeness (QED) is 0.144. The second kappa shape index (κ2) is 11.0. The average Bonchev–Trinajstić information content (AvgIpc) is 3.06. The molecule has 3 nitrogen and oxygen atoms in total. The highest BCUT2D eigenvalue weighted by atomic mass is 32.2. The van der Waals surface area contributed by atoms with Crippen LogP contribution in [0.25, 0.3) is 32.3 Å². The molecule has 1 unspecified atom stereocenters. The zero-order valence-corrected chi connectivity index (χ0v) is 23.9. The Labute approximate surface area is 249 Å². The maximum Gasteiger partial charge on any atom is 0.242 e. The van der Waals surface area contributed by atoms with Crippen LogP contribution in [0.5, 0.6) is 0 Å². The van der Waals surface area contributed by atoms with Gasteiger partial charge in [-0.15, -0.1) is 11.8 Å². The normalized spacial score (nSPS) is 12.6. The van der Waals surface area contributed by atoms with Crippen molar-refractivity contribution in [1.29, 1.82) is 0 Å². The Balaban J connectivity index is 1.22. The second-order valence-corrected chi connectivity index (χ2v) is 11.9. The lowest BCUT2D eigenvalue weighted by Gasteiger charge is -2.36. The number of carbonyl (C=O) groups excluding carboxylic acids is 1. The number of benzene rings is 7. The first kappa shape index (κ1) is 26.3. The number of hydrogen-bond acceptors (Lipinski definition) is 3. The van der Waals surface area contributed by atoms with Gasteiger partial charge in [0.1, 0.15) is 0 Å². The van der Waals surface area contributed by atoms with Crippen molar-refractivity contribution in [3.63, 3.8) is 0 Å². The maximum atomic E-state index is 13.6. The van der Waals surface area contributed by atoms with E-state index in [2.05, 4.69) is 127 Å². The highest BCUT2D eigenvalue weighted by Crippen LogP contribution is 2.48. The number of nitrogens with two attached hydrogens (primary N) is 1. The molecule has 3 N–H and O–H groups in total. The third-order valence-corrected chi connectivity index (χ3v) is 9.81. The van der Waals surface area contributed by atoms with Gasteiger partial charge in [-0.05, 0) is 49.7 Å². The maximum absolute atomic E-state index is 13.6. The second-order valence-electron chi connectivity index (χ2n) is 10.7. The van der Waals surface area contributed by atoms with Crippen LogP contribution in [0.2, 0.25) is 0 Å². The summed E-state index contributed by atoms with van der Waals surface area (Å²) in [5.41, 5.74) is 10.9. The molecular weight excluding hydrogens is 532 g/mol. The first-order chi connectivity index (χ1) is 20.6. The summed E-state index contributed by atoms with van der Waals surface area (Å²) in [6.45, 7) is 0. The summed E-state index contributed by atoms with van der Waals surface area (Å²) >= 11 is 1.70. The highest BCUT2D eigenvalue weighted by molar-refractivity contribution is 8.00. The van der Waals surface area contributed by atoms with Crippen molar-refractivity contribution >= 4 is 55.7 Å². The summed E-state index contributed by atoms with van der Waals surface area (Å²) in [6.07, 6.45) is 0. The fraction of sp³-hybridized carbons (Fsp3) is 0.0789. The summed E-state index contributed by atoms with van der Waals surface area (Å²) in [5, 5.41) is 10.1. The summed E-state index contributed by atoms with van der Waals surface area (Å²) in [4.78, 5) is 13.6. The summed E-state index contributed by atoms with van der Waals surface area (Å²) in [6, 6.07) is 49.7. The van der Waals surface area contributed by atoms with Crippen LogP contribution in [-0.4, -0.2) is 17.7 Å². The lowest BCUT2D eigenvalue weighted by molar-refractivity contribution is -0.116. The molecule has 0 saturated carbocycles. The molecule has 0 fully saturated rings. The van der Waals surface area contributed by atoms with Crippen molar-refractivity contribution in [2.75, 3.05) is 11.1 Å². The molecule has 7 aromatic carbocycles. The molecule has 0 saturated heterocycles. The van der Waals surface area contributed by atoms with Gasteiger partial charge in [0.15, 0.2) is 0 Å². The molecule has 0 aliphatic carbocycles. The minimum Gasteiger partial charge on any atom is -0.324 e. The monoisotopic (exact) mass is 562 g/mol. The van der Waals surface area contributed by atoms with E-state index in [9.17, 15) is 4.79 Å². The van der Waals surface area contributed by atoms with E-state index < -0.39 is 10.8 Å². The van der Waals surface area contributed by atoms with Gasteiger partial charge in [0, 0.05) is 16.8 Å². The molecule has 1 atom stereocenters. The molecule has 0 aromatic heterocycles. The minimum absolute atomic E-state index is 0.194. The summed E-state index contributed by atoms with van der Waals surface area (Å²) in [5.74, 6) is 0.233. The Morgan fingerprint density at radius 1 is 0.595 bits per heavy atom. The van der Waals surface area contributed by atoms with Gasteiger partial charge >= 0.3 is 0 Å². The topological polar surface area (TPSA) is 55.1 Å². The Hall–Kier alpha value is -4.64. The average molecular weight is 563 g/mol. The van der Waals surface area contributed by atoms with Crippen molar-refractivity contribution in [2.45, 2.75) is 10.8 Å². The van der Waals surface area contributed by atoms with E-state index in [1.807, 2.05) is 24.3 Å². The molecule has 4 heteroatoms. The molecule has 0 spiro atoms. The molecular formula is C38H30N2OS. The minimum atomic E-state index is -0.718. The first-order valence-electron chi connectivity index (χ1n) is 14.2. The molecule has 42 heavy (non-hydrogen) atoms. The van der Waals surface area contributed by atoms with Crippen LogP contribution >= 0.6 is 11.8 Å². The number of carbonyl (C=O) groups is 1. The van der Waals surface area contributed by atoms with Gasteiger partial charge in [-0.3, -0.25) is 4.79 Å². The SMILES string of the molecule is NC(CSC(c1ccccc1)(c1ccccc1)c1ccccc1)C(=O)Nc1ccc2ccc3cccc4ccc1c2c34. The van der Waals surface area contributed by atoms with E-state index in [1.165, 1.54) is 21.5 Å². The molecule has 204 valence electrons. The Bertz CT molecular complexity index is 1880. The van der Waals surface area contributed by atoms with Gasteiger partial charge in [-0.1, -0.05) is 140 Å². The summed E-state index contributed by atoms with van der Waals surface area (Å²) < 4.78 is -0.533. The van der Waals surface area contributed by atoms with Crippen molar-refractivity contribution in [2.24, 2.45) is 5.73 Å². The van der Waals surface area contributed by atoms with Gasteiger partial charge in [0.2, 0.25) is 5.91 Å². The molecule has 0 heterocycles. The molecule has 0 radical (unpaired) electrons. The molecule has 7 aromatic rings. The van der Waals surface area contributed by atoms with E-state index in [-0.39, 0.29) is 5.91 Å². The molecule has 0 bridgehead atoms. The Morgan fingerprint density at radius 2 is 1.07 bits per heavy atom. The smallest absolute Gasteiger partial charge is 0.242 e. The van der Waals surface area contributed by atoms with E-state index in [0.717, 1.165) is 33.2 Å². The van der Waals surface area contributed by atoms with Crippen LogP contribution < -0.4 is 11.1 Å². The number of rotatable bonds is 8. The van der Waals surface area contributed by atoms with Gasteiger partial charge in [0.25, 0.3) is 0 Å². The molecule has 1 amide bonds. The van der Waals surface area contributed by atoms with Gasteiger partial charge < -0.3 is 11.1 Å². The van der Waals surface area contributed by atoms with Crippen molar-refractivity contribution in [3.05, 3.63) is 162 Å². The lowest BCUT2D eigenvalue weighted by atomic mass is 9.84. The summed E-state index contributed by atoms with van der Waals surface area (Å²) in [7, 11) is 0. The van der Waals surface area contributed by atoms with E-state index in [1.54, 1.807) is 11.8 Å². The molecule has 7 rings (SSSR count). The van der Waals surface area contributed by atoms with E-state index >= 15 is 0 Å². The van der Waals surface area contributed by atoms with Crippen LogP contribution in [0.4, 0.5) is 5.69 Å². The third-order valence-electron chi connectivity index (χ3n) is 8.14. The number of hydrogen-bond donors (Lipinski definition) is 2. The number of thioether (sulfide) groups is 1. The number of amides is 1. The predicted octanol–water partition coefficient (Wildman–Crippen LogP) is 8.58. The van der Waals surface area contributed by atoms with Crippen molar-refractivity contribution in [1.82, 2.24) is 0 Å². The van der Waals surface area contributed by atoms with Gasteiger partial charge in [-0.2, -0.15) is 0 Å². The highest BCUT2D eigenvalue weighted by Gasteiger charge is 2.37. The fourth-order valence-corrected chi connectivity index (χ4v) is 7.62. The van der Waals surface area contributed by atoms with Crippen LogP contribution in [-0.2, 0) is 9.54 Å². The van der Waals surface area contributed by atoms with E-state index in [0.29, 0.717) is 5.75 Å². The van der Waals surface area contributed by atoms with Gasteiger partial charge in [-0.25, -0.2) is 0 Å². The number of anilines is 1. The molecule has 0 aliphatic heterocycles. The lowest BCUT2D eigenvalue weighted by Crippen LogP contribution is -2.39. The molecule has 0 aliphatic rings. The third kappa shape index (κ3) is 4.50. The zero-order valence-electron chi connectivity index (χ0n) is 23.0. The number of nitrogens with one attached hydrogen (secondary N) is 1. The standard InChI is InChI=1S/C38H30N2OS/c39-33(37(41)40-34-24-22-28-20-19-26-11-10-12-27-21-23-32(34)36(28)35(26)27)25-42-38(29-13-4-1-5-14-29,30-15-6-2-7-16-30)31-17-8-3-9-18-31/h1-24,33H,25,39H2,(H,40,41). The zero-order chi connectivity index (χ0) is 28.5. The van der Waals surface area contributed by atoms with Crippen LogP contribution in [0.15, 0.2) is 146 Å². The van der Waals surface area contributed by atoms with Crippen LogP contribution in [0.1, 0.15) is 16.7 Å². The fourth-order valence-electron chi connectivity index (χ4n) is 6.13. The Kier molecular flexibility index (Phi) is 6.87. The van der Waals surface area contributed by atoms with Gasteiger partial charge in [0.05, 0.1) is 10.8 Å². The van der Waals surface area contributed by atoms with Crippen molar-refractivity contribution in [3.8, 4) is 0 Å². The van der Waals surface area contributed by atoms with Crippen LogP contribution in [0.3, 0.4) is 0 Å². The first-order valence-corrected chi connectivity index (χ1v) is 15.2. The van der Waals surface area contributed by atoms with Crippen LogP contribution in [0, 0.1) is 0 Å². The predicted molar refractivity (Wildman–Crippen MR) is 178 cm³/mol. The largest absolute Gasteiger partial charge is 0.324 e. The van der Waals surface area contributed by atoms with Crippen molar-refractivity contribution < 1.29 is 4.79 Å². The Morgan fingerprint density at radius 3 is 1.62 bits per heavy atom. The van der Waals surface area contributed by atoms with E-state index in [4.69, 9.17) is 5.73 Å².